The van der Waals surface area contributed by atoms with Crippen molar-refractivity contribution in [2.45, 2.75) is 20.0 Å². The van der Waals surface area contributed by atoms with E-state index < -0.39 is 6.10 Å². The maximum absolute atomic E-state index is 13.1. The highest BCUT2D eigenvalue weighted by atomic mass is 16.5. The standard InChI is InChI=1S/C24H23NO4/c1-16-9-14-22(28-3)21(15-16)25-24(27)23(19-7-5-4-6-8-19)29-20-12-10-18(11-13-20)17(2)26/h4-15,23H,1-3H3,(H,25,27)/t23-/m1/s1. The highest BCUT2D eigenvalue weighted by molar-refractivity contribution is 5.96. The van der Waals surface area contributed by atoms with Gasteiger partial charge in [-0.25, -0.2) is 0 Å². The lowest BCUT2D eigenvalue weighted by molar-refractivity contribution is -0.123. The Morgan fingerprint density at radius 3 is 2.24 bits per heavy atom. The van der Waals surface area contributed by atoms with E-state index >= 15 is 0 Å². The molecule has 0 bridgehead atoms. The normalized spacial score (nSPS) is 11.4. The first kappa shape index (κ1) is 20.1. The molecular formula is C24H23NO4. The summed E-state index contributed by atoms with van der Waals surface area (Å²) in [4.78, 5) is 24.6. The van der Waals surface area contributed by atoms with Crippen LogP contribution in [0.15, 0.2) is 72.8 Å². The molecule has 3 aromatic rings. The number of anilines is 1. The number of aryl methyl sites for hydroxylation is 1. The number of hydrogen-bond acceptors (Lipinski definition) is 4. The molecular weight excluding hydrogens is 366 g/mol. The second-order valence-electron chi connectivity index (χ2n) is 6.68. The van der Waals surface area contributed by atoms with Crippen LogP contribution in [-0.2, 0) is 4.79 Å². The van der Waals surface area contributed by atoms with Gasteiger partial charge in [-0.15, -0.1) is 0 Å². The monoisotopic (exact) mass is 389 g/mol. The SMILES string of the molecule is COc1ccc(C)cc1NC(=O)[C@H](Oc1ccc(C(C)=O)cc1)c1ccccc1. The van der Waals surface area contributed by atoms with Gasteiger partial charge >= 0.3 is 0 Å². The van der Waals surface area contributed by atoms with Gasteiger partial charge < -0.3 is 14.8 Å². The zero-order chi connectivity index (χ0) is 20.8. The molecule has 3 rings (SSSR count). The molecule has 1 atom stereocenters. The van der Waals surface area contributed by atoms with Crippen molar-refractivity contribution in [2.24, 2.45) is 0 Å². The number of amides is 1. The lowest BCUT2D eigenvalue weighted by atomic mass is 10.1. The molecule has 5 heteroatoms. The van der Waals surface area contributed by atoms with Crippen LogP contribution in [0.4, 0.5) is 5.69 Å². The first-order valence-electron chi connectivity index (χ1n) is 9.26. The predicted octanol–water partition coefficient (Wildman–Crippen LogP) is 4.97. The molecule has 0 unspecified atom stereocenters. The summed E-state index contributed by atoms with van der Waals surface area (Å²) >= 11 is 0. The Labute approximate surface area is 170 Å². The quantitative estimate of drug-likeness (QED) is 0.580. The second kappa shape index (κ2) is 9.06. The molecule has 29 heavy (non-hydrogen) atoms. The van der Waals surface area contributed by atoms with Gasteiger partial charge in [0.2, 0.25) is 6.10 Å². The van der Waals surface area contributed by atoms with Gasteiger partial charge in [0.15, 0.2) is 5.78 Å². The average Bonchev–Trinajstić information content (AvgIpc) is 2.73. The van der Waals surface area contributed by atoms with E-state index in [9.17, 15) is 9.59 Å². The fourth-order valence-corrected chi connectivity index (χ4v) is 2.92. The highest BCUT2D eigenvalue weighted by Gasteiger charge is 2.24. The second-order valence-corrected chi connectivity index (χ2v) is 6.68. The molecule has 0 aliphatic carbocycles. The van der Waals surface area contributed by atoms with E-state index in [4.69, 9.17) is 9.47 Å². The largest absolute Gasteiger partial charge is 0.495 e. The zero-order valence-corrected chi connectivity index (χ0v) is 16.6. The van der Waals surface area contributed by atoms with Gasteiger partial charge in [-0.3, -0.25) is 9.59 Å². The third kappa shape index (κ3) is 5.02. The van der Waals surface area contributed by atoms with Crippen LogP contribution in [0, 0.1) is 6.92 Å². The molecule has 0 aliphatic rings. The molecule has 0 radical (unpaired) electrons. The lowest BCUT2D eigenvalue weighted by Gasteiger charge is -2.20. The molecule has 0 spiro atoms. The van der Waals surface area contributed by atoms with Crippen molar-refractivity contribution < 1.29 is 19.1 Å². The van der Waals surface area contributed by atoms with Crippen LogP contribution in [0.2, 0.25) is 0 Å². The van der Waals surface area contributed by atoms with E-state index in [0.29, 0.717) is 28.3 Å². The van der Waals surface area contributed by atoms with Crippen LogP contribution in [0.25, 0.3) is 0 Å². The molecule has 0 aliphatic heterocycles. The lowest BCUT2D eigenvalue weighted by Crippen LogP contribution is -2.26. The van der Waals surface area contributed by atoms with Gasteiger partial charge in [-0.05, 0) is 55.8 Å². The number of ether oxygens (including phenoxy) is 2. The summed E-state index contributed by atoms with van der Waals surface area (Å²) in [5.74, 6) is 0.716. The Morgan fingerprint density at radius 2 is 1.62 bits per heavy atom. The summed E-state index contributed by atoms with van der Waals surface area (Å²) in [5.41, 5.74) is 2.88. The van der Waals surface area contributed by atoms with Gasteiger partial charge in [0.05, 0.1) is 12.8 Å². The fourth-order valence-electron chi connectivity index (χ4n) is 2.92. The Hall–Kier alpha value is -3.60. The van der Waals surface area contributed by atoms with Gasteiger partial charge in [0.1, 0.15) is 11.5 Å². The summed E-state index contributed by atoms with van der Waals surface area (Å²) in [5, 5.41) is 2.91. The van der Waals surface area contributed by atoms with Crippen LogP contribution in [-0.4, -0.2) is 18.8 Å². The molecule has 0 saturated heterocycles. The van der Waals surface area contributed by atoms with Crippen molar-refractivity contribution in [1.29, 1.82) is 0 Å². The van der Waals surface area contributed by atoms with Gasteiger partial charge in [0, 0.05) is 11.1 Å². The smallest absolute Gasteiger partial charge is 0.270 e. The van der Waals surface area contributed by atoms with E-state index in [1.165, 1.54) is 6.92 Å². The Bertz CT molecular complexity index is 997. The van der Waals surface area contributed by atoms with Crippen molar-refractivity contribution >= 4 is 17.4 Å². The third-order valence-corrected chi connectivity index (χ3v) is 4.47. The molecule has 3 aromatic carbocycles. The number of benzene rings is 3. The molecule has 0 saturated carbocycles. The van der Waals surface area contributed by atoms with E-state index in [2.05, 4.69) is 5.32 Å². The van der Waals surface area contributed by atoms with Gasteiger partial charge in [0.25, 0.3) is 5.91 Å². The Kier molecular flexibility index (Phi) is 6.29. The number of ketones is 1. The predicted molar refractivity (Wildman–Crippen MR) is 113 cm³/mol. The Balaban J connectivity index is 1.88. The van der Waals surface area contributed by atoms with E-state index in [-0.39, 0.29) is 11.7 Å². The number of hydrogen-bond donors (Lipinski definition) is 1. The van der Waals surface area contributed by atoms with Crippen LogP contribution < -0.4 is 14.8 Å². The minimum absolute atomic E-state index is 0.0274. The van der Waals surface area contributed by atoms with E-state index in [0.717, 1.165) is 5.56 Å². The van der Waals surface area contributed by atoms with Crippen molar-refractivity contribution in [1.82, 2.24) is 0 Å². The molecule has 0 heterocycles. The Morgan fingerprint density at radius 1 is 0.931 bits per heavy atom. The van der Waals surface area contributed by atoms with Gasteiger partial charge in [-0.1, -0.05) is 36.4 Å². The van der Waals surface area contributed by atoms with E-state index in [1.807, 2.05) is 55.5 Å². The summed E-state index contributed by atoms with van der Waals surface area (Å²) in [6.45, 7) is 3.45. The van der Waals surface area contributed by atoms with Crippen molar-refractivity contribution in [2.75, 3.05) is 12.4 Å². The number of Topliss-reactive ketones (excluding diaryl/α,β-unsaturated/α-hetero) is 1. The van der Waals surface area contributed by atoms with Crippen molar-refractivity contribution in [3.63, 3.8) is 0 Å². The molecule has 0 aromatic heterocycles. The molecule has 1 N–H and O–H groups in total. The topological polar surface area (TPSA) is 64.6 Å². The number of methoxy groups -OCH3 is 1. The average molecular weight is 389 g/mol. The number of carbonyl (C=O) groups excluding carboxylic acids is 2. The molecule has 1 amide bonds. The minimum Gasteiger partial charge on any atom is -0.495 e. The fraction of sp³-hybridized carbons (Fsp3) is 0.167. The van der Waals surface area contributed by atoms with Crippen molar-refractivity contribution in [3.05, 3.63) is 89.5 Å². The number of nitrogens with one attached hydrogen (secondary N) is 1. The first-order valence-corrected chi connectivity index (χ1v) is 9.26. The number of carbonyl (C=O) groups is 2. The maximum Gasteiger partial charge on any atom is 0.270 e. The van der Waals surface area contributed by atoms with Crippen LogP contribution in [0.5, 0.6) is 11.5 Å². The highest BCUT2D eigenvalue weighted by Crippen LogP contribution is 2.28. The van der Waals surface area contributed by atoms with Gasteiger partial charge in [-0.2, -0.15) is 0 Å². The third-order valence-electron chi connectivity index (χ3n) is 4.47. The summed E-state index contributed by atoms with van der Waals surface area (Å²) in [6.07, 6.45) is -0.871. The summed E-state index contributed by atoms with van der Waals surface area (Å²) < 4.78 is 11.4. The van der Waals surface area contributed by atoms with Crippen molar-refractivity contribution in [3.8, 4) is 11.5 Å². The summed E-state index contributed by atoms with van der Waals surface area (Å²) in [6, 6.07) is 21.6. The molecule has 5 nitrogen and oxygen atoms in total. The van der Waals surface area contributed by atoms with Crippen LogP contribution >= 0.6 is 0 Å². The summed E-state index contributed by atoms with van der Waals surface area (Å²) in [7, 11) is 1.56. The van der Waals surface area contributed by atoms with Crippen LogP contribution in [0.3, 0.4) is 0 Å². The molecule has 0 fully saturated rings. The minimum atomic E-state index is -0.871. The molecule has 148 valence electrons. The number of rotatable bonds is 7. The van der Waals surface area contributed by atoms with E-state index in [1.54, 1.807) is 31.4 Å². The maximum atomic E-state index is 13.1. The first-order chi connectivity index (χ1) is 14.0. The zero-order valence-electron chi connectivity index (χ0n) is 16.6. The van der Waals surface area contributed by atoms with Crippen LogP contribution in [0.1, 0.15) is 34.5 Å².